The Kier molecular flexibility index (Phi) is 2.73. The summed E-state index contributed by atoms with van der Waals surface area (Å²) in [5.41, 5.74) is 2.45. The van der Waals surface area contributed by atoms with Crippen molar-refractivity contribution in [2.24, 2.45) is 0 Å². The molecule has 2 nitrogen and oxygen atoms in total. The molecule has 0 aliphatic carbocycles. The smallest absolute Gasteiger partial charge is 0.116 e. The van der Waals surface area contributed by atoms with Crippen LogP contribution in [0.4, 0.5) is 0 Å². The van der Waals surface area contributed by atoms with Gasteiger partial charge in [-0.15, -0.1) is 0 Å². The molecule has 76 valence electrons. The van der Waals surface area contributed by atoms with Crippen molar-refractivity contribution in [1.29, 1.82) is 0 Å². The molecule has 0 radical (unpaired) electrons. The van der Waals surface area contributed by atoms with Crippen molar-refractivity contribution in [1.82, 2.24) is 5.32 Å². The Labute approximate surface area is 85.0 Å². The number of piperidine rings is 1. The van der Waals surface area contributed by atoms with Crippen LogP contribution in [-0.2, 0) is 0 Å². The molecule has 14 heavy (non-hydrogen) atoms. The van der Waals surface area contributed by atoms with Crippen molar-refractivity contribution in [3.05, 3.63) is 29.3 Å². The number of hydrogen-bond acceptors (Lipinski definition) is 2. The predicted molar refractivity (Wildman–Crippen MR) is 57.7 cm³/mol. The minimum Gasteiger partial charge on any atom is -0.508 e. The summed E-state index contributed by atoms with van der Waals surface area (Å²) in [7, 11) is 0. The van der Waals surface area contributed by atoms with Gasteiger partial charge in [-0.25, -0.2) is 0 Å². The summed E-state index contributed by atoms with van der Waals surface area (Å²) >= 11 is 0. The Balaban J connectivity index is 2.21. The minimum absolute atomic E-state index is 0.401. The fraction of sp³-hybridized carbons (Fsp3) is 0.500. The van der Waals surface area contributed by atoms with Gasteiger partial charge in [-0.1, -0.05) is 6.07 Å². The van der Waals surface area contributed by atoms with E-state index in [9.17, 15) is 5.11 Å². The zero-order chi connectivity index (χ0) is 9.97. The largest absolute Gasteiger partial charge is 0.508 e. The topological polar surface area (TPSA) is 32.3 Å². The Morgan fingerprint density at radius 2 is 1.93 bits per heavy atom. The maximum absolute atomic E-state index is 9.51. The minimum atomic E-state index is 0.401. The molecule has 1 heterocycles. The maximum Gasteiger partial charge on any atom is 0.116 e. The van der Waals surface area contributed by atoms with Gasteiger partial charge in [0.1, 0.15) is 5.75 Å². The third-order valence-electron chi connectivity index (χ3n) is 2.89. The highest BCUT2D eigenvalue weighted by atomic mass is 16.3. The van der Waals surface area contributed by atoms with Crippen LogP contribution in [-0.4, -0.2) is 18.2 Å². The molecule has 0 spiro atoms. The first kappa shape index (κ1) is 9.53. The molecule has 1 saturated heterocycles. The van der Waals surface area contributed by atoms with Crippen LogP contribution in [0.5, 0.6) is 5.75 Å². The molecule has 1 fully saturated rings. The van der Waals surface area contributed by atoms with Gasteiger partial charge in [-0.3, -0.25) is 0 Å². The molecule has 0 atom stereocenters. The van der Waals surface area contributed by atoms with E-state index in [1.165, 1.54) is 18.4 Å². The van der Waals surface area contributed by atoms with Crippen molar-refractivity contribution in [2.45, 2.75) is 25.7 Å². The third-order valence-corrected chi connectivity index (χ3v) is 2.89. The number of nitrogens with one attached hydrogen (secondary N) is 1. The van der Waals surface area contributed by atoms with E-state index >= 15 is 0 Å². The van der Waals surface area contributed by atoms with E-state index < -0.39 is 0 Å². The SMILES string of the molecule is Cc1cc(O)cc(C2CCNCC2)c1. The van der Waals surface area contributed by atoms with Crippen molar-refractivity contribution in [3.63, 3.8) is 0 Å². The molecule has 0 aromatic heterocycles. The van der Waals surface area contributed by atoms with E-state index in [0.717, 1.165) is 18.7 Å². The normalized spacial score (nSPS) is 18.4. The third kappa shape index (κ3) is 2.07. The molecule has 1 aromatic carbocycles. The highest BCUT2D eigenvalue weighted by Gasteiger charge is 2.15. The van der Waals surface area contributed by atoms with E-state index in [0.29, 0.717) is 11.7 Å². The first-order valence-electron chi connectivity index (χ1n) is 5.27. The lowest BCUT2D eigenvalue weighted by Gasteiger charge is -2.23. The van der Waals surface area contributed by atoms with Crippen LogP contribution >= 0.6 is 0 Å². The molecule has 0 bridgehead atoms. The van der Waals surface area contributed by atoms with Crippen LogP contribution in [0.1, 0.15) is 29.9 Å². The second-order valence-corrected chi connectivity index (χ2v) is 4.13. The van der Waals surface area contributed by atoms with Crippen LogP contribution in [0.3, 0.4) is 0 Å². The van der Waals surface area contributed by atoms with E-state index in [1.54, 1.807) is 0 Å². The van der Waals surface area contributed by atoms with E-state index in [-0.39, 0.29) is 0 Å². The zero-order valence-electron chi connectivity index (χ0n) is 8.59. The second kappa shape index (κ2) is 4.01. The summed E-state index contributed by atoms with van der Waals surface area (Å²) in [6.45, 7) is 4.23. The van der Waals surface area contributed by atoms with Crippen molar-refractivity contribution in [3.8, 4) is 5.75 Å². The number of benzene rings is 1. The Bertz CT molecular complexity index is 296. The number of aromatic hydroxyl groups is 1. The number of phenols is 1. The number of phenolic OH excluding ortho intramolecular Hbond substituents is 1. The quantitative estimate of drug-likeness (QED) is 0.713. The van der Waals surface area contributed by atoms with E-state index in [2.05, 4.69) is 11.4 Å². The molecular formula is C12H17NO. The Morgan fingerprint density at radius 3 is 2.57 bits per heavy atom. The van der Waals surface area contributed by atoms with Gasteiger partial charge in [0.15, 0.2) is 0 Å². The summed E-state index contributed by atoms with van der Waals surface area (Å²) in [5, 5.41) is 12.9. The van der Waals surface area contributed by atoms with Crippen molar-refractivity contribution >= 4 is 0 Å². The number of aryl methyl sites for hydroxylation is 1. The van der Waals surface area contributed by atoms with Crippen LogP contribution in [0.25, 0.3) is 0 Å². The van der Waals surface area contributed by atoms with Gasteiger partial charge < -0.3 is 10.4 Å². The summed E-state index contributed by atoms with van der Waals surface area (Å²) in [6, 6.07) is 5.91. The Hall–Kier alpha value is -1.02. The van der Waals surface area contributed by atoms with Gasteiger partial charge in [-0.2, -0.15) is 0 Å². The molecule has 1 aliphatic heterocycles. The van der Waals surface area contributed by atoms with Gasteiger partial charge >= 0.3 is 0 Å². The summed E-state index contributed by atoms with van der Waals surface area (Å²) in [4.78, 5) is 0. The highest BCUT2D eigenvalue weighted by molar-refractivity contribution is 5.34. The first-order chi connectivity index (χ1) is 6.75. The van der Waals surface area contributed by atoms with Crippen molar-refractivity contribution < 1.29 is 5.11 Å². The Morgan fingerprint density at radius 1 is 1.21 bits per heavy atom. The van der Waals surface area contributed by atoms with Crippen molar-refractivity contribution in [2.75, 3.05) is 13.1 Å². The van der Waals surface area contributed by atoms with Gasteiger partial charge in [-0.05, 0) is 62.0 Å². The summed E-state index contributed by atoms with van der Waals surface area (Å²) < 4.78 is 0. The monoisotopic (exact) mass is 191 g/mol. The number of hydrogen-bond donors (Lipinski definition) is 2. The van der Waals surface area contributed by atoms with E-state index in [1.807, 2.05) is 19.1 Å². The predicted octanol–water partition coefficient (Wildman–Crippen LogP) is 2.17. The fourth-order valence-corrected chi connectivity index (χ4v) is 2.18. The molecule has 1 aromatic rings. The molecule has 0 unspecified atom stereocenters. The summed E-state index contributed by atoms with van der Waals surface area (Å²) in [6.07, 6.45) is 2.37. The lowest BCUT2D eigenvalue weighted by molar-refractivity contribution is 0.451. The van der Waals surface area contributed by atoms with E-state index in [4.69, 9.17) is 0 Å². The second-order valence-electron chi connectivity index (χ2n) is 4.13. The van der Waals surface area contributed by atoms with Crippen LogP contribution < -0.4 is 5.32 Å². The average molecular weight is 191 g/mol. The zero-order valence-corrected chi connectivity index (χ0v) is 8.59. The summed E-state index contributed by atoms with van der Waals surface area (Å²) in [5.74, 6) is 1.03. The molecule has 0 amide bonds. The molecule has 1 aliphatic rings. The maximum atomic E-state index is 9.51. The molecular weight excluding hydrogens is 174 g/mol. The van der Waals surface area contributed by atoms with Gasteiger partial charge in [0.05, 0.1) is 0 Å². The lowest BCUT2D eigenvalue weighted by atomic mass is 9.89. The molecule has 2 heteroatoms. The molecule has 2 N–H and O–H groups in total. The molecule has 0 saturated carbocycles. The van der Waals surface area contributed by atoms with Crippen LogP contribution in [0.2, 0.25) is 0 Å². The average Bonchev–Trinajstić information content (AvgIpc) is 2.18. The van der Waals surface area contributed by atoms with Crippen LogP contribution in [0, 0.1) is 6.92 Å². The van der Waals surface area contributed by atoms with Gasteiger partial charge in [0, 0.05) is 0 Å². The first-order valence-corrected chi connectivity index (χ1v) is 5.27. The van der Waals surface area contributed by atoms with Gasteiger partial charge in [0.25, 0.3) is 0 Å². The lowest BCUT2D eigenvalue weighted by Crippen LogP contribution is -2.26. The van der Waals surface area contributed by atoms with Crippen LogP contribution in [0.15, 0.2) is 18.2 Å². The fourth-order valence-electron chi connectivity index (χ4n) is 2.18. The number of rotatable bonds is 1. The molecule has 2 rings (SSSR count). The highest BCUT2D eigenvalue weighted by Crippen LogP contribution is 2.28. The standard InChI is InChI=1S/C12H17NO/c1-9-6-11(8-12(14)7-9)10-2-4-13-5-3-10/h6-8,10,13-14H,2-5H2,1H3. The van der Waals surface area contributed by atoms with Gasteiger partial charge in [0.2, 0.25) is 0 Å².